The summed E-state index contributed by atoms with van der Waals surface area (Å²) in [5.74, 6) is -4.18. The molecule has 0 aliphatic carbocycles. The first-order valence-electron chi connectivity index (χ1n) is 12.4. The van der Waals surface area contributed by atoms with Crippen LogP contribution in [0.15, 0.2) is 24.3 Å². The van der Waals surface area contributed by atoms with Gasteiger partial charge in [-0.1, -0.05) is 16.7 Å². The average Bonchev–Trinajstić information content (AvgIpc) is 2.86. The van der Waals surface area contributed by atoms with Crippen LogP contribution in [0.2, 0.25) is 0 Å². The van der Waals surface area contributed by atoms with E-state index in [2.05, 4.69) is 5.32 Å². The molecule has 0 radical (unpaired) electrons. The number of non-ortho nitro benzene ring substituents is 1. The van der Waals surface area contributed by atoms with Crippen molar-refractivity contribution in [3.8, 4) is 0 Å². The normalized spacial score (nSPS) is 19.5. The second-order valence-electron chi connectivity index (χ2n) is 9.06. The van der Waals surface area contributed by atoms with Crippen molar-refractivity contribution in [3.05, 3.63) is 39.9 Å². The van der Waals surface area contributed by atoms with Gasteiger partial charge in [0.15, 0.2) is 0 Å². The zero-order valence-corrected chi connectivity index (χ0v) is 22.4. The number of nitrogens with zero attached hydrogens (tertiary/aromatic N) is 4. The molecule has 1 fully saturated rings. The topological polar surface area (TPSA) is 203 Å². The first-order valence-corrected chi connectivity index (χ1v) is 13.3. The number of nitro benzene ring substituents is 1. The number of benzene rings is 1. The lowest BCUT2D eigenvalue weighted by atomic mass is 10.1. The summed E-state index contributed by atoms with van der Waals surface area (Å²) in [5, 5.41) is 42.3. The van der Waals surface area contributed by atoms with E-state index in [0.717, 1.165) is 5.56 Å². The lowest BCUT2D eigenvalue weighted by molar-refractivity contribution is -0.384. The molecule has 15 nitrogen and oxygen atoms in total. The number of carbonyl (C=O) groups is 3. The Hall–Kier alpha value is -3.07. The Bertz CT molecular complexity index is 983. The number of nitrogens with one attached hydrogen (secondary N) is 1. The van der Waals surface area contributed by atoms with Crippen LogP contribution in [0.3, 0.4) is 0 Å². The molecular formula is C23H35N5O10P+. The minimum Gasteiger partial charge on any atom is -0.480 e. The highest BCUT2D eigenvalue weighted by atomic mass is 31.1. The molecule has 3 atom stereocenters. The molecule has 0 amide bonds. The summed E-state index contributed by atoms with van der Waals surface area (Å²) in [5.41, 5.74) is 0.704. The molecule has 1 aromatic carbocycles. The van der Waals surface area contributed by atoms with E-state index in [-0.39, 0.29) is 58.1 Å². The minimum atomic E-state index is -1.11. The van der Waals surface area contributed by atoms with Crippen molar-refractivity contribution in [2.24, 2.45) is 0 Å². The molecule has 1 aromatic rings. The SMILES string of the molecule is O=[PH+]C(OCCc1ccc([N+](=O)[O-])cc1)C1CN(CC(=O)O)CCN(CC(=O)O)CCNCCN1CC(=O)O. The van der Waals surface area contributed by atoms with Gasteiger partial charge in [-0.05, 0) is 12.0 Å². The molecular weight excluding hydrogens is 537 g/mol. The van der Waals surface area contributed by atoms with Crippen molar-refractivity contribution in [2.75, 3.05) is 72.1 Å². The van der Waals surface area contributed by atoms with Crippen molar-refractivity contribution >= 4 is 32.1 Å². The third kappa shape index (κ3) is 12.1. The number of aliphatic carboxylic acids is 3. The van der Waals surface area contributed by atoms with Crippen LogP contribution >= 0.6 is 8.46 Å². The van der Waals surface area contributed by atoms with Crippen LogP contribution in [0.5, 0.6) is 0 Å². The molecule has 2 rings (SSSR count). The lowest BCUT2D eigenvalue weighted by Gasteiger charge is -2.36. The number of hydrogen-bond acceptors (Lipinski definition) is 11. The third-order valence-electron chi connectivity index (χ3n) is 6.18. The second-order valence-corrected chi connectivity index (χ2v) is 9.87. The van der Waals surface area contributed by atoms with E-state index in [1.807, 2.05) is 0 Å². The fourth-order valence-corrected chi connectivity index (χ4v) is 4.93. The van der Waals surface area contributed by atoms with E-state index in [4.69, 9.17) is 4.74 Å². The lowest BCUT2D eigenvalue weighted by Crippen LogP contribution is -2.55. The van der Waals surface area contributed by atoms with Gasteiger partial charge in [-0.3, -0.25) is 39.2 Å². The third-order valence-corrected chi connectivity index (χ3v) is 6.97. The quantitative estimate of drug-likeness (QED) is 0.135. The highest BCUT2D eigenvalue weighted by molar-refractivity contribution is 7.24. The molecule has 16 heteroatoms. The Morgan fingerprint density at radius 2 is 1.56 bits per heavy atom. The van der Waals surface area contributed by atoms with E-state index in [1.54, 1.807) is 26.8 Å². The molecule has 4 N–H and O–H groups in total. The largest absolute Gasteiger partial charge is 0.480 e. The van der Waals surface area contributed by atoms with Crippen LogP contribution in [0.25, 0.3) is 0 Å². The van der Waals surface area contributed by atoms with Gasteiger partial charge in [-0.2, -0.15) is 0 Å². The van der Waals surface area contributed by atoms with E-state index >= 15 is 0 Å². The van der Waals surface area contributed by atoms with Crippen LogP contribution in [0.1, 0.15) is 5.56 Å². The first-order chi connectivity index (χ1) is 18.6. The Morgan fingerprint density at radius 1 is 0.974 bits per heavy atom. The highest BCUT2D eigenvalue weighted by Crippen LogP contribution is 2.21. The smallest absolute Gasteiger partial charge is 0.358 e. The second kappa shape index (κ2) is 16.8. The van der Waals surface area contributed by atoms with Gasteiger partial charge in [0.2, 0.25) is 0 Å². The summed E-state index contributed by atoms with van der Waals surface area (Å²) in [4.78, 5) is 49.8. The molecule has 0 aromatic heterocycles. The van der Waals surface area contributed by atoms with Crippen LogP contribution in [-0.2, 0) is 30.1 Å². The maximum absolute atomic E-state index is 12.3. The van der Waals surface area contributed by atoms with E-state index in [9.17, 15) is 44.4 Å². The van der Waals surface area contributed by atoms with Gasteiger partial charge >= 0.3 is 26.4 Å². The molecule has 1 aliphatic rings. The van der Waals surface area contributed by atoms with Crippen LogP contribution in [-0.4, -0.2) is 137 Å². The predicted molar refractivity (Wildman–Crippen MR) is 140 cm³/mol. The molecule has 216 valence electrons. The van der Waals surface area contributed by atoms with Crippen molar-refractivity contribution < 1.29 is 43.9 Å². The Labute approximate surface area is 226 Å². The van der Waals surface area contributed by atoms with Gasteiger partial charge in [0, 0.05) is 57.9 Å². The van der Waals surface area contributed by atoms with Crippen molar-refractivity contribution in [1.82, 2.24) is 20.0 Å². The predicted octanol–water partition coefficient (Wildman–Crippen LogP) is -0.364. The van der Waals surface area contributed by atoms with Crippen LogP contribution in [0.4, 0.5) is 5.69 Å². The van der Waals surface area contributed by atoms with Gasteiger partial charge in [0.05, 0.1) is 37.2 Å². The van der Waals surface area contributed by atoms with Crippen molar-refractivity contribution in [3.63, 3.8) is 0 Å². The standard InChI is InChI=1S/C23H34N5O10P/c29-20(30)14-25-8-6-24-7-9-27(16-22(33)34)19(13-26(11-10-25)15-21(31)32)23(39-37)38-12-5-17-1-3-18(4-2-17)28(35)36/h1-4,19,23-24H,5-16H2,(H,29,30)(H,31,32)(H,33,34)/p+1. The molecule has 1 aliphatic heterocycles. The van der Waals surface area contributed by atoms with E-state index < -0.39 is 43.2 Å². The highest BCUT2D eigenvalue weighted by Gasteiger charge is 2.37. The number of hydrogen-bond donors (Lipinski definition) is 4. The minimum absolute atomic E-state index is 0.0257. The van der Waals surface area contributed by atoms with E-state index in [0.29, 0.717) is 26.1 Å². The van der Waals surface area contributed by atoms with Gasteiger partial charge < -0.3 is 25.4 Å². The molecule has 39 heavy (non-hydrogen) atoms. The van der Waals surface area contributed by atoms with Gasteiger partial charge in [0.25, 0.3) is 11.5 Å². The van der Waals surface area contributed by atoms with Crippen LogP contribution < -0.4 is 5.32 Å². The average molecular weight is 573 g/mol. The van der Waals surface area contributed by atoms with Gasteiger partial charge in [-0.15, -0.1) is 0 Å². The maximum Gasteiger partial charge on any atom is 0.358 e. The summed E-state index contributed by atoms with van der Waals surface area (Å²) < 4.78 is 18.3. The molecule has 3 unspecified atom stereocenters. The first kappa shape index (κ1) is 32.1. The van der Waals surface area contributed by atoms with Crippen molar-refractivity contribution in [2.45, 2.75) is 18.3 Å². The number of nitro groups is 1. The summed E-state index contributed by atoms with van der Waals surface area (Å²) in [6.07, 6.45) is 0.356. The van der Waals surface area contributed by atoms with E-state index in [1.165, 1.54) is 12.1 Å². The summed E-state index contributed by atoms with van der Waals surface area (Å²) in [7, 11) is -0.990. The Balaban J connectivity index is 2.23. The fourth-order valence-electron chi connectivity index (χ4n) is 4.27. The van der Waals surface area contributed by atoms with Gasteiger partial charge in [0.1, 0.15) is 0 Å². The zero-order valence-electron chi connectivity index (χ0n) is 21.4. The number of carboxylic acids is 3. The number of rotatable bonds is 13. The van der Waals surface area contributed by atoms with Crippen LogP contribution in [0, 0.1) is 10.1 Å². The summed E-state index contributed by atoms with van der Waals surface area (Å²) in [6, 6.07) is 5.17. The summed E-state index contributed by atoms with van der Waals surface area (Å²) in [6.45, 7) is 1.04. The monoisotopic (exact) mass is 572 g/mol. The number of carboxylic acid groups (broad SMARTS) is 3. The molecule has 1 heterocycles. The maximum atomic E-state index is 12.3. The molecule has 1 saturated heterocycles. The van der Waals surface area contributed by atoms with Gasteiger partial charge in [-0.25, -0.2) is 0 Å². The molecule has 0 bridgehead atoms. The Kier molecular flexibility index (Phi) is 13.8. The zero-order chi connectivity index (χ0) is 28.8. The molecule has 0 saturated carbocycles. The van der Waals surface area contributed by atoms with Crippen molar-refractivity contribution in [1.29, 1.82) is 0 Å². The Morgan fingerprint density at radius 3 is 2.15 bits per heavy atom. The fraction of sp³-hybridized carbons (Fsp3) is 0.609. The molecule has 0 spiro atoms. The number of ether oxygens (including phenoxy) is 1. The summed E-state index contributed by atoms with van der Waals surface area (Å²) >= 11 is 0.